The lowest BCUT2D eigenvalue weighted by Gasteiger charge is -2.13. The average Bonchev–Trinajstić information content (AvgIpc) is 3.04. The van der Waals surface area contributed by atoms with Gasteiger partial charge in [0.2, 0.25) is 0 Å². The van der Waals surface area contributed by atoms with Crippen LogP contribution in [0, 0.1) is 18.6 Å². The van der Waals surface area contributed by atoms with Crippen LogP contribution >= 0.6 is 11.6 Å². The van der Waals surface area contributed by atoms with Gasteiger partial charge in [-0.25, -0.2) is 23.4 Å². The van der Waals surface area contributed by atoms with E-state index < -0.39 is 23.6 Å². The molecule has 0 saturated carbocycles. The van der Waals surface area contributed by atoms with Crippen LogP contribution in [0.15, 0.2) is 42.7 Å². The summed E-state index contributed by atoms with van der Waals surface area (Å²) < 4.78 is 29.6. The number of hydrogen-bond donors (Lipinski definition) is 3. The van der Waals surface area contributed by atoms with Crippen LogP contribution in [0.1, 0.15) is 17.4 Å². The Morgan fingerprint density at radius 1 is 1.23 bits per heavy atom. The molecule has 0 saturated heterocycles. The molecule has 4 N–H and O–H groups in total. The monoisotopic (exact) mass is 444 g/mol. The Kier molecular flexibility index (Phi) is 5.25. The first-order valence-electron chi connectivity index (χ1n) is 8.95. The topological polar surface area (TPSA) is 119 Å². The fraction of sp³-hybridized carbons (Fsp3) is 0.100. The predicted octanol–water partition coefficient (Wildman–Crippen LogP) is 3.31. The molecule has 8 nitrogen and oxygen atoms in total. The molecule has 11 heteroatoms. The predicted molar refractivity (Wildman–Crippen MR) is 111 cm³/mol. The van der Waals surface area contributed by atoms with Crippen molar-refractivity contribution < 1.29 is 18.7 Å². The van der Waals surface area contributed by atoms with E-state index in [9.17, 15) is 18.7 Å². The third kappa shape index (κ3) is 3.90. The number of aliphatic hydroxyl groups is 1. The minimum Gasteiger partial charge on any atom is -0.382 e. The average molecular weight is 445 g/mol. The van der Waals surface area contributed by atoms with E-state index in [0.29, 0.717) is 16.7 Å². The number of nitrogens with zero attached hydrogens (tertiary/aromatic N) is 4. The number of aryl methyl sites for hydroxylation is 1. The number of carbonyl (C=O) groups is 1. The zero-order chi connectivity index (χ0) is 22.3. The van der Waals surface area contributed by atoms with Gasteiger partial charge in [0, 0.05) is 10.7 Å². The summed E-state index contributed by atoms with van der Waals surface area (Å²) >= 11 is 5.75. The second-order valence-electron chi connectivity index (χ2n) is 6.71. The maximum atomic E-state index is 14.9. The molecule has 4 aromatic rings. The molecule has 158 valence electrons. The summed E-state index contributed by atoms with van der Waals surface area (Å²) in [4.78, 5) is 20.4. The number of anilines is 2. The van der Waals surface area contributed by atoms with Crippen LogP contribution in [0.4, 0.5) is 20.3 Å². The molecule has 0 spiro atoms. The van der Waals surface area contributed by atoms with Crippen molar-refractivity contribution in [3.63, 3.8) is 0 Å². The van der Waals surface area contributed by atoms with Crippen LogP contribution in [0.25, 0.3) is 16.7 Å². The van der Waals surface area contributed by atoms with Crippen molar-refractivity contribution in [2.24, 2.45) is 0 Å². The van der Waals surface area contributed by atoms with E-state index in [-0.39, 0.29) is 27.8 Å². The molecule has 0 radical (unpaired) electrons. The number of halogens is 3. The summed E-state index contributed by atoms with van der Waals surface area (Å²) in [5, 5.41) is 16.9. The standard InChI is InChI=1S/C20H15ClF2N6O2/c1-9-16-17(19(24)26-8-25-16)29(28-9)15-3-2-13(7-14(15)23)27-20(31)18(30)10-4-11(21)6-12(22)5-10/h2-8,18,30H,1H3,(H,27,31)(H2,24,25,26). The van der Waals surface area contributed by atoms with Gasteiger partial charge in [0.15, 0.2) is 17.7 Å². The Morgan fingerprint density at radius 3 is 2.71 bits per heavy atom. The van der Waals surface area contributed by atoms with Gasteiger partial charge in [-0.1, -0.05) is 11.6 Å². The minimum absolute atomic E-state index is 0.0299. The molecule has 0 bridgehead atoms. The SMILES string of the molecule is Cc1nn(-c2ccc(NC(=O)C(O)c3cc(F)cc(Cl)c3)cc2F)c2c(N)ncnc12. The number of amides is 1. The maximum absolute atomic E-state index is 14.9. The van der Waals surface area contributed by atoms with Gasteiger partial charge in [-0.15, -0.1) is 0 Å². The van der Waals surface area contributed by atoms with Crippen LogP contribution in [0.5, 0.6) is 0 Å². The quantitative estimate of drug-likeness (QED) is 0.444. The van der Waals surface area contributed by atoms with Gasteiger partial charge in [-0.05, 0) is 48.9 Å². The maximum Gasteiger partial charge on any atom is 0.257 e. The van der Waals surface area contributed by atoms with E-state index in [1.165, 1.54) is 29.2 Å². The van der Waals surface area contributed by atoms with Crippen molar-refractivity contribution in [2.45, 2.75) is 13.0 Å². The molecule has 0 fully saturated rings. The second kappa shape index (κ2) is 7.89. The van der Waals surface area contributed by atoms with Crippen molar-refractivity contribution in [3.05, 3.63) is 70.6 Å². The molecule has 1 unspecified atom stereocenters. The first-order valence-corrected chi connectivity index (χ1v) is 9.33. The van der Waals surface area contributed by atoms with Gasteiger partial charge < -0.3 is 16.2 Å². The van der Waals surface area contributed by atoms with Crippen LogP contribution < -0.4 is 11.1 Å². The highest BCUT2D eigenvalue weighted by molar-refractivity contribution is 6.30. The zero-order valence-corrected chi connectivity index (χ0v) is 16.7. The normalized spacial score (nSPS) is 12.2. The molecular formula is C20H15ClF2N6O2. The number of rotatable bonds is 4. The van der Waals surface area contributed by atoms with E-state index >= 15 is 0 Å². The van der Waals surface area contributed by atoms with Crippen LogP contribution in [-0.2, 0) is 4.79 Å². The van der Waals surface area contributed by atoms with E-state index in [1.54, 1.807) is 6.92 Å². The number of aliphatic hydroxyl groups excluding tert-OH is 1. The van der Waals surface area contributed by atoms with Crippen molar-refractivity contribution in [3.8, 4) is 5.69 Å². The van der Waals surface area contributed by atoms with Gasteiger partial charge >= 0.3 is 0 Å². The highest BCUT2D eigenvalue weighted by Gasteiger charge is 2.21. The first-order chi connectivity index (χ1) is 14.7. The van der Waals surface area contributed by atoms with Crippen molar-refractivity contribution in [2.75, 3.05) is 11.1 Å². The number of carbonyl (C=O) groups excluding carboxylic acids is 1. The van der Waals surface area contributed by atoms with Gasteiger partial charge in [-0.3, -0.25) is 4.79 Å². The Hall–Kier alpha value is -3.63. The molecule has 2 heterocycles. The van der Waals surface area contributed by atoms with Gasteiger partial charge in [-0.2, -0.15) is 5.10 Å². The molecule has 2 aromatic carbocycles. The lowest BCUT2D eigenvalue weighted by Crippen LogP contribution is -2.21. The van der Waals surface area contributed by atoms with Gasteiger partial charge in [0.25, 0.3) is 5.91 Å². The lowest BCUT2D eigenvalue weighted by atomic mass is 10.1. The largest absolute Gasteiger partial charge is 0.382 e. The van der Waals surface area contributed by atoms with E-state index in [2.05, 4.69) is 20.4 Å². The number of aromatic nitrogens is 4. The Bertz CT molecular complexity index is 1310. The third-order valence-corrected chi connectivity index (χ3v) is 4.77. The van der Waals surface area contributed by atoms with Crippen LogP contribution in [0.2, 0.25) is 5.02 Å². The molecule has 1 atom stereocenters. The molecule has 2 aromatic heterocycles. The molecule has 31 heavy (non-hydrogen) atoms. The smallest absolute Gasteiger partial charge is 0.257 e. The van der Waals surface area contributed by atoms with Crippen molar-refractivity contribution >= 4 is 40.0 Å². The molecule has 0 aliphatic heterocycles. The lowest BCUT2D eigenvalue weighted by molar-refractivity contribution is -0.124. The summed E-state index contributed by atoms with van der Waals surface area (Å²) in [6.07, 6.45) is -0.409. The summed E-state index contributed by atoms with van der Waals surface area (Å²) in [7, 11) is 0. The van der Waals surface area contributed by atoms with E-state index in [4.69, 9.17) is 17.3 Å². The molecule has 0 aliphatic rings. The summed E-state index contributed by atoms with van der Waals surface area (Å²) in [6.45, 7) is 1.71. The number of nitrogens with one attached hydrogen (secondary N) is 1. The summed E-state index contributed by atoms with van der Waals surface area (Å²) in [6, 6.07) is 7.15. The van der Waals surface area contributed by atoms with Crippen LogP contribution in [0.3, 0.4) is 0 Å². The number of nitrogen functional groups attached to an aromatic ring is 1. The van der Waals surface area contributed by atoms with Crippen molar-refractivity contribution in [1.82, 2.24) is 19.7 Å². The Balaban J connectivity index is 1.62. The molecule has 4 rings (SSSR count). The summed E-state index contributed by atoms with van der Waals surface area (Å²) in [5.74, 6) is -2.16. The fourth-order valence-electron chi connectivity index (χ4n) is 3.14. The fourth-order valence-corrected chi connectivity index (χ4v) is 3.37. The number of benzene rings is 2. The number of fused-ring (bicyclic) bond motifs is 1. The second-order valence-corrected chi connectivity index (χ2v) is 7.15. The highest BCUT2D eigenvalue weighted by atomic mass is 35.5. The Morgan fingerprint density at radius 2 is 2.00 bits per heavy atom. The minimum atomic E-state index is -1.70. The van der Waals surface area contributed by atoms with Gasteiger partial charge in [0.05, 0.1) is 5.69 Å². The van der Waals surface area contributed by atoms with E-state index in [0.717, 1.165) is 18.2 Å². The van der Waals surface area contributed by atoms with Gasteiger partial charge in [0.1, 0.15) is 28.9 Å². The number of nitrogens with two attached hydrogens (primary N) is 1. The van der Waals surface area contributed by atoms with Crippen LogP contribution in [-0.4, -0.2) is 30.8 Å². The molecule has 0 aliphatic carbocycles. The molecule has 1 amide bonds. The molecular weight excluding hydrogens is 430 g/mol. The van der Waals surface area contributed by atoms with Crippen molar-refractivity contribution in [1.29, 1.82) is 0 Å². The third-order valence-electron chi connectivity index (χ3n) is 4.55. The summed E-state index contributed by atoms with van der Waals surface area (Å²) in [5.41, 5.74) is 7.40. The zero-order valence-electron chi connectivity index (χ0n) is 16.0. The highest BCUT2D eigenvalue weighted by Crippen LogP contribution is 2.27. The first kappa shape index (κ1) is 20.6. The Labute approximate surface area is 179 Å². The van der Waals surface area contributed by atoms with E-state index in [1.807, 2.05) is 0 Å². The number of hydrogen-bond acceptors (Lipinski definition) is 6.